The normalized spacial score (nSPS) is 33.2. The second kappa shape index (κ2) is 4.16. The maximum atomic E-state index is 10.6. The summed E-state index contributed by atoms with van der Waals surface area (Å²) in [6, 6.07) is 0. The minimum Gasteiger partial charge on any atom is -0.384 e. The van der Waals surface area contributed by atoms with E-state index in [4.69, 9.17) is 0 Å². The molecule has 0 aromatic carbocycles. The summed E-state index contributed by atoms with van der Waals surface area (Å²) >= 11 is 7.02. The number of hydrogen-bond donors (Lipinski definition) is 1. The molecule has 1 saturated heterocycles. The average Bonchev–Trinajstić information content (AvgIpc) is 2.57. The third-order valence-corrected chi connectivity index (χ3v) is 5.94. The fourth-order valence-electron chi connectivity index (χ4n) is 1.89. The lowest BCUT2D eigenvalue weighted by Gasteiger charge is -2.37. The Morgan fingerprint density at radius 3 is 2.93 bits per heavy atom. The van der Waals surface area contributed by atoms with Gasteiger partial charge in [0.1, 0.15) is 5.60 Å². The minimum atomic E-state index is -0.623. The maximum Gasteiger partial charge on any atom is 0.103 e. The van der Waals surface area contributed by atoms with Gasteiger partial charge in [0.05, 0.1) is 0 Å². The number of hydrogen-bond acceptors (Lipinski definition) is 3. The van der Waals surface area contributed by atoms with Crippen molar-refractivity contribution in [3.63, 3.8) is 0 Å². The standard InChI is InChI=1S/C10H13BrOS2/c1-7-10(12,3-2-4-14-7)8-5-13-6-9(8)11/h5-7,12H,2-4H2,1H3. The van der Waals surface area contributed by atoms with Crippen molar-refractivity contribution in [1.82, 2.24) is 0 Å². The van der Waals surface area contributed by atoms with Crippen LogP contribution in [0.4, 0.5) is 0 Å². The van der Waals surface area contributed by atoms with E-state index in [1.54, 1.807) is 11.3 Å². The number of aliphatic hydroxyl groups is 1. The molecule has 1 aromatic rings. The van der Waals surface area contributed by atoms with Crippen LogP contribution in [0.1, 0.15) is 25.3 Å². The van der Waals surface area contributed by atoms with E-state index in [-0.39, 0.29) is 0 Å². The van der Waals surface area contributed by atoms with Crippen LogP contribution in [0, 0.1) is 0 Å². The van der Waals surface area contributed by atoms with Crippen molar-refractivity contribution >= 4 is 39.0 Å². The van der Waals surface area contributed by atoms with Gasteiger partial charge in [0.2, 0.25) is 0 Å². The van der Waals surface area contributed by atoms with Gasteiger partial charge in [-0.2, -0.15) is 23.1 Å². The molecule has 2 unspecified atom stereocenters. The number of thiophene rings is 1. The Morgan fingerprint density at radius 2 is 2.36 bits per heavy atom. The first-order valence-electron chi connectivity index (χ1n) is 4.71. The summed E-state index contributed by atoms with van der Waals surface area (Å²) in [5.41, 5.74) is 0.448. The monoisotopic (exact) mass is 292 g/mol. The molecule has 14 heavy (non-hydrogen) atoms. The van der Waals surface area contributed by atoms with E-state index in [2.05, 4.69) is 28.2 Å². The van der Waals surface area contributed by atoms with Gasteiger partial charge in [0, 0.05) is 20.7 Å². The molecule has 2 heterocycles. The Morgan fingerprint density at radius 1 is 1.57 bits per heavy atom. The highest BCUT2D eigenvalue weighted by atomic mass is 79.9. The van der Waals surface area contributed by atoms with E-state index in [0.29, 0.717) is 5.25 Å². The molecule has 0 spiro atoms. The maximum absolute atomic E-state index is 10.6. The van der Waals surface area contributed by atoms with Gasteiger partial charge in [-0.1, -0.05) is 6.92 Å². The van der Waals surface area contributed by atoms with Crippen LogP contribution in [-0.2, 0) is 5.60 Å². The Kier molecular flexibility index (Phi) is 3.27. The van der Waals surface area contributed by atoms with E-state index in [1.807, 2.05) is 17.1 Å². The molecule has 4 heteroatoms. The van der Waals surface area contributed by atoms with E-state index in [1.165, 1.54) is 5.75 Å². The molecule has 1 N–H and O–H groups in total. The van der Waals surface area contributed by atoms with E-state index in [9.17, 15) is 5.11 Å². The molecule has 1 aliphatic heterocycles. The number of rotatable bonds is 1. The van der Waals surface area contributed by atoms with Crippen molar-refractivity contribution in [1.29, 1.82) is 0 Å². The number of thioether (sulfide) groups is 1. The van der Waals surface area contributed by atoms with E-state index < -0.39 is 5.60 Å². The van der Waals surface area contributed by atoms with Gasteiger partial charge in [-0.15, -0.1) is 0 Å². The van der Waals surface area contributed by atoms with E-state index in [0.717, 1.165) is 22.9 Å². The van der Waals surface area contributed by atoms with E-state index >= 15 is 0 Å². The van der Waals surface area contributed by atoms with Gasteiger partial charge in [-0.05, 0) is 39.9 Å². The van der Waals surface area contributed by atoms with Crippen molar-refractivity contribution < 1.29 is 5.11 Å². The summed E-state index contributed by atoms with van der Waals surface area (Å²) in [7, 11) is 0. The fourth-order valence-corrected chi connectivity index (χ4v) is 4.79. The van der Waals surface area contributed by atoms with Crippen molar-refractivity contribution in [2.45, 2.75) is 30.6 Å². The molecule has 1 aliphatic rings. The molecule has 0 amide bonds. The molecule has 1 fully saturated rings. The molecular weight excluding hydrogens is 280 g/mol. The average molecular weight is 293 g/mol. The lowest BCUT2D eigenvalue weighted by atomic mass is 9.88. The van der Waals surface area contributed by atoms with Crippen LogP contribution in [0.3, 0.4) is 0 Å². The highest BCUT2D eigenvalue weighted by Crippen LogP contribution is 2.44. The quantitative estimate of drug-likeness (QED) is 0.853. The van der Waals surface area contributed by atoms with Crippen LogP contribution >= 0.6 is 39.0 Å². The van der Waals surface area contributed by atoms with Gasteiger partial charge in [-0.25, -0.2) is 0 Å². The van der Waals surface area contributed by atoms with Crippen LogP contribution in [0.15, 0.2) is 15.2 Å². The highest BCUT2D eigenvalue weighted by molar-refractivity contribution is 9.10. The smallest absolute Gasteiger partial charge is 0.103 e. The first-order chi connectivity index (χ1) is 6.64. The molecule has 0 saturated carbocycles. The summed E-state index contributed by atoms with van der Waals surface area (Å²) in [5, 5.41) is 15.0. The highest BCUT2D eigenvalue weighted by Gasteiger charge is 2.39. The molecule has 2 atom stereocenters. The first-order valence-corrected chi connectivity index (χ1v) is 7.49. The van der Waals surface area contributed by atoms with Crippen LogP contribution in [0.2, 0.25) is 0 Å². The molecule has 2 rings (SSSR count). The Hall–Kier alpha value is 0.490. The van der Waals surface area contributed by atoms with Gasteiger partial charge in [0.25, 0.3) is 0 Å². The van der Waals surface area contributed by atoms with Gasteiger partial charge in [-0.3, -0.25) is 0 Å². The Labute approximate surface area is 101 Å². The fraction of sp³-hybridized carbons (Fsp3) is 0.600. The lowest BCUT2D eigenvalue weighted by Crippen LogP contribution is -2.38. The van der Waals surface area contributed by atoms with Crippen LogP contribution < -0.4 is 0 Å². The minimum absolute atomic E-state index is 0.294. The third kappa shape index (κ3) is 1.77. The second-order valence-electron chi connectivity index (χ2n) is 3.67. The summed E-state index contributed by atoms with van der Waals surface area (Å²) in [6.45, 7) is 2.12. The molecule has 1 nitrogen and oxygen atoms in total. The Bertz CT molecular complexity index is 326. The number of halogens is 1. The predicted octanol–water partition coefficient (Wildman–Crippen LogP) is 3.61. The van der Waals surface area contributed by atoms with Crippen LogP contribution in [-0.4, -0.2) is 16.1 Å². The van der Waals surface area contributed by atoms with Gasteiger partial charge < -0.3 is 5.11 Å². The zero-order valence-electron chi connectivity index (χ0n) is 8.00. The second-order valence-corrected chi connectivity index (χ2v) is 6.72. The zero-order chi connectivity index (χ0) is 10.2. The van der Waals surface area contributed by atoms with Crippen LogP contribution in [0.5, 0.6) is 0 Å². The molecule has 78 valence electrons. The molecular formula is C10H13BrOS2. The van der Waals surface area contributed by atoms with Gasteiger partial charge in [0.15, 0.2) is 0 Å². The van der Waals surface area contributed by atoms with Crippen molar-refractivity contribution in [3.8, 4) is 0 Å². The molecule has 0 radical (unpaired) electrons. The lowest BCUT2D eigenvalue weighted by molar-refractivity contribution is 0.0252. The summed E-state index contributed by atoms with van der Waals surface area (Å²) in [6.07, 6.45) is 1.99. The SMILES string of the molecule is CC1SCCCC1(O)c1cscc1Br. The topological polar surface area (TPSA) is 20.2 Å². The molecule has 0 bridgehead atoms. The summed E-state index contributed by atoms with van der Waals surface area (Å²) < 4.78 is 1.05. The van der Waals surface area contributed by atoms with Crippen molar-refractivity contribution in [3.05, 3.63) is 20.8 Å². The largest absolute Gasteiger partial charge is 0.384 e. The molecule has 0 aliphatic carbocycles. The van der Waals surface area contributed by atoms with Crippen molar-refractivity contribution in [2.75, 3.05) is 5.75 Å². The predicted molar refractivity (Wildman–Crippen MR) is 67.1 cm³/mol. The first kappa shape index (κ1) is 11.0. The third-order valence-electron chi connectivity index (χ3n) is 2.82. The molecule has 1 aromatic heterocycles. The summed E-state index contributed by atoms with van der Waals surface area (Å²) in [4.78, 5) is 0. The summed E-state index contributed by atoms with van der Waals surface area (Å²) in [5.74, 6) is 1.17. The zero-order valence-corrected chi connectivity index (χ0v) is 11.2. The van der Waals surface area contributed by atoms with Crippen molar-refractivity contribution in [2.24, 2.45) is 0 Å². The van der Waals surface area contributed by atoms with Gasteiger partial charge >= 0.3 is 0 Å². The Balaban J connectivity index is 2.34. The van der Waals surface area contributed by atoms with Crippen LogP contribution in [0.25, 0.3) is 0 Å².